The van der Waals surface area contributed by atoms with Gasteiger partial charge in [-0.15, -0.1) is 0 Å². The fourth-order valence-corrected chi connectivity index (χ4v) is 6.60. The van der Waals surface area contributed by atoms with Crippen molar-refractivity contribution in [3.8, 4) is 0 Å². The average Bonchev–Trinajstić information content (AvgIpc) is 3.38. The standard InChI is InChI=1S/C30H43N7O3/c1-19(2)25-17-31-37-27(16-26(20-7-8-20)33-29(25)37)32-21-14-22-9-10-23(15-21)36(22)30(39)40-24-11-13-35(18-24)28(38)6-5-12-34(3)4/h5-6,16-17,19-24,32H,7-15,18H2,1-4H3/b6-5+/t21?,22?,23?,24-/m0/s1. The highest BCUT2D eigenvalue weighted by atomic mass is 16.6. The zero-order valence-corrected chi connectivity index (χ0v) is 24.3. The van der Waals surface area contributed by atoms with Crippen LogP contribution in [0.25, 0.3) is 5.65 Å². The summed E-state index contributed by atoms with van der Waals surface area (Å²) in [5.41, 5.74) is 3.31. The number of carbonyl (C=O) groups excluding carboxylic acids is 2. The number of hydrogen-bond donors (Lipinski definition) is 1. The molecule has 1 saturated carbocycles. The number of ether oxygens (including phenoxy) is 1. The molecule has 4 aliphatic rings. The smallest absolute Gasteiger partial charge is 0.410 e. The Morgan fingerprint density at radius 2 is 1.90 bits per heavy atom. The number of piperidine rings is 1. The fourth-order valence-electron chi connectivity index (χ4n) is 6.60. The summed E-state index contributed by atoms with van der Waals surface area (Å²) in [5.74, 6) is 1.92. The van der Waals surface area contributed by atoms with Gasteiger partial charge in [0.2, 0.25) is 5.91 Å². The molecule has 216 valence electrons. The molecule has 0 spiro atoms. The van der Waals surface area contributed by atoms with E-state index in [4.69, 9.17) is 14.8 Å². The normalized spacial score (nSPS) is 26.6. The van der Waals surface area contributed by atoms with Crippen molar-refractivity contribution in [1.82, 2.24) is 29.3 Å². The number of carbonyl (C=O) groups is 2. The van der Waals surface area contributed by atoms with E-state index in [-0.39, 0.29) is 36.2 Å². The first-order valence-electron chi connectivity index (χ1n) is 15.0. The summed E-state index contributed by atoms with van der Waals surface area (Å²) in [6.07, 6.45) is 11.9. The minimum Gasteiger partial charge on any atom is -0.444 e. The van der Waals surface area contributed by atoms with Crippen LogP contribution in [-0.2, 0) is 9.53 Å². The van der Waals surface area contributed by atoms with Crippen LogP contribution in [-0.4, -0.2) is 99.3 Å². The lowest BCUT2D eigenvalue weighted by molar-refractivity contribution is -0.125. The summed E-state index contributed by atoms with van der Waals surface area (Å²) < 4.78 is 7.92. The van der Waals surface area contributed by atoms with Gasteiger partial charge >= 0.3 is 6.09 Å². The van der Waals surface area contributed by atoms with Crippen LogP contribution < -0.4 is 5.32 Å². The van der Waals surface area contributed by atoms with E-state index in [1.54, 1.807) is 11.0 Å². The lowest BCUT2D eigenvalue weighted by atomic mass is 9.97. The molecule has 4 fully saturated rings. The van der Waals surface area contributed by atoms with Crippen molar-refractivity contribution in [3.05, 3.63) is 35.7 Å². The topological polar surface area (TPSA) is 95.3 Å². The van der Waals surface area contributed by atoms with Gasteiger partial charge < -0.3 is 24.8 Å². The summed E-state index contributed by atoms with van der Waals surface area (Å²) in [4.78, 5) is 36.6. The third-order valence-corrected chi connectivity index (χ3v) is 8.89. The molecule has 3 saturated heterocycles. The van der Waals surface area contributed by atoms with Crippen LogP contribution in [0.15, 0.2) is 24.4 Å². The van der Waals surface area contributed by atoms with Gasteiger partial charge in [-0.25, -0.2) is 9.78 Å². The molecule has 6 rings (SSSR count). The van der Waals surface area contributed by atoms with Crippen molar-refractivity contribution in [2.45, 2.75) is 94.9 Å². The summed E-state index contributed by atoms with van der Waals surface area (Å²) >= 11 is 0. The van der Waals surface area contributed by atoms with E-state index in [0.717, 1.165) is 43.7 Å². The number of aromatic nitrogens is 3. The van der Waals surface area contributed by atoms with Crippen LogP contribution >= 0.6 is 0 Å². The number of nitrogens with zero attached hydrogens (tertiary/aromatic N) is 6. The molecule has 2 aromatic rings. The van der Waals surface area contributed by atoms with Crippen LogP contribution in [0.4, 0.5) is 10.6 Å². The molecule has 2 bridgehead atoms. The summed E-state index contributed by atoms with van der Waals surface area (Å²) in [6, 6.07) is 2.79. The number of likely N-dealkylation sites (tertiary alicyclic amines) is 1. The molecular formula is C30H43N7O3. The Bertz CT molecular complexity index is 1270. The fraction of sp³-hybridized carbons (Fsp3) is 0.667. The highest BCUT2D eigenvalue weighted by Crippen LogP contribution is 2.41. The van der Waals surface area contributed by atoms with Crippen LogP contribution in [0, 0.1) is 0 Å². The van der Waals surface area contributed by atoms with Gasteiger partial charge in [0.25, 0.3) is 0 Å². The number of hydrogen-bond acceptors (Lipinski definition) is 7. The minimum atomic E-state index is -0.241. The molecule has 2 unspecified atom stereocenters. The van der Waals surface area contributed by atoms with E-state index < -0.39 is 0 Å². The van der Waals surface area contributed by atoms with Gasteiger partial charge in [-0.2, -0.15) is 9.61 Å². The SMILES string of the molecule is CC(C)c1cnn2c(NC3CC4CCC(C3)N4C(=O)O[C@H]3CCN(C(=O)/C=C/CN(C)C)C3)cc(C3CC3)nc12. The number of likely N-dealkylation sites (N-methyl/N-ethyl adjacent to an activating group) is 1. The molecule has 0 radical (unpaired) electrons. The van der Waals surface area contributed by atoms with Crippen LogP contribution in [0.3, 0.4) is 0 Å². The minimum absolute atomic E-state index is 0.0138. The Balaban J connectivity index is 1.08. The molecule has 2 amide bonds. The highest BCUT2D eigenvalue weighted by Gasteiger charge is 2.45. The van der Waals surface area contributed by atoms with Gasteiger partial charge in [-0.05, 0) is 58.5 Å². The summed E-state index contributed by atoms with van der Waals surface area (Å²) in [7, 11) is 3.94. The van der Waals surface area contributed by atoms with Crippen LogP contribution in [0.1, 0.15) is 81.9 Å². The predicted molar refractivity (Wildman–Crippen MR) is 154 cm³/mol. The molecule has 5 heterocycles. The molecule has 3 atom stereocenters. The highest BCUT2D eigenvalue weighted by molar-refractivity contribution is 5.87. The van der Waals surface area contributed by atoms with Crippen LogP contribution in [0.2, 0.25) is 0 Å². The lowest BCUT2D eigenvalue weighted by Crippen LogP contribution is -2.50. The molecule has 10 nitrogen and oxygen atoms in total. The number of rotatable bonds is 8. The Morgan fingerprint density at radius 3 is 2.58 bits per heavy atom. The van der Waals surface area contributed by atoms with Gasteiger partial charge in [-0.3, -0.25) is 4.79 Å². The van der Waals surface area contributed by atoms with Crippen molar-refractivity contribution in [1.29, 1.82) is 0 Å². The van der Waals surface area contributed by atoms with Gasteiger partial charge in [0.1, 0.15) is 11.9 Å². The Kier molecular flexibility index (Phi) is 7.46. The van der Waals surface area contributed by atoms with Crippen molar-refractivity contribution < 1.29 is 14.3 Å². The van der Waals surface area contributed by atoms with E-state index in [1.165, 1.54) is 24.1 Å². The van der Waals surface area contributed by atoms with Gasteiger partial charge in [0.05, 0.1) is 12.7 Å². The first-order valence-corrected chi connectivity index (χ1v) is 15.0. The zero-order valence-electron chi connectivity index (χ0n) is 24.3. The third kappa shape index (κ3) is 5.55. The maximum atomic E-state index is 13.3. The molecule has 2 aromatic heterocycles. The van der Waals surface area contributed by atoms with E-state index in [2.05, 4.69) is 25.2 Å². The van der Waals surface area contributed by atoms with Gasteiger partial charge in [0.15, 0.2) is 5.65 Å². The molecule has 3 aliphatic heterocycles. The number of amides is 2. The molecule has 1 N–H and O–H groups in total. The predicted octanol–water partition coefficient (Wildman–Crippen LogP) is 3.99. The largest absolute Gasteiger partial charge is 0.444 e. The first kappa shape index (κ1) is 27.1. The average molecular weight is 550 g/mol. The maximum Gasteiger partial charge on any atom is 0.410 e. The Hall–Kier alpha value is -3.14. The molecule has 40 heavy (non-hydrogen) atoms. The first-order chi connectivity index (χ1) is 19.3. The third-order valence-electron chi connectivity index (χ3n) is 8.89. The van der Waals surface area contributed by atoms with Crippen LogP contribution in [0.5, 0.6) is 0 Å². The van der Waals surface area contributed by atoms with Crippen molar-refractivity contribution in [2.24, 2.45) is 0 Å². The molecule has 0 aromatic carbocycles. The van der Waals surface area contributed by atoms with E-state index in [0.29, 0.717) is 31.3 Å². The van der Waals surface area contributed by atoms with E-state index in [9.17, 15) is 9.59 Å². The second-order valence-electron chi connectivity index (χ2n) is 12.7. The zero-order chi connectivity index (χ0) is 28.0. The van der Waals surface area contributed by atoms with Crippen molar-refractivity contribution >= 4 is 23.5 Å². The number of anilines is 1. The second kappa shape index (κ2) is 11.0. The van der Waals surface area contributed by atoms with Crippen molar-refractivity contribution in [3.63, 3.8) is 0 Å². The Labute approximate surface area is 236 Å². The van der Waals surface area contributed by atoms with Gasteiger partial charge in [0, 0.05) is 67.0 Å². The van der Waals surface area contributed by atoms with Crippen molar-refractivity contribution in [2.75, 3.05) is 39.0 Å². The van der Waals surface area contributed by atoms with Gasteiger partial charge in [-0.1, -0.05) is 19.9 Å². The molecule has 10 heteroatoms. The maximum absolute atomic E-state index is 13.3. The quantitative estimate of drug-likeness (QED) is 0.498. The number of nitrogens with one attached hydrogen (secondary N) is 1. The Morgan fingerprint density at radius 1 is 1.15 bits per heavy atom. The monoisotopic (exact) mass is 549 g/mol. The lowest BCUT2D eigenvalue weighted by Gasteiger charge is -2.39. The number of fused-ring (bicyclic) bond motifs is 3. The summed E-state index contributed by atoms with van der Waals surface area (Å²) in [6.45, 7) is 6.18. The van der Waals surface area contributed by atoms with E-state index >= 15 is 0 Å². The molecular weight excluding hydrogens is 506 g/mol. The summed E-state index contributed by atoms with van der Waals surface area (Å²) in [5, 5.41) is 8.50. The molecule has 1 aliphatic carbocycles. The van der Waals surface area contributed by atoms with E-state index in [1.807, 2.05) is 40.7 Å². The second-order valence-corrected chi connectivity index (χ2v) is 12.7.